The normalized spacial score (nSPS) is 47.5. The number of rotatable bonds is 3. The molecule has 11 heavy (non-hydrogen) atoms. The molecule has 0 saturated heterocycles. The fourth-order valence-corrected chi connectivity index (χ4v) is 2.79. The van der Waals surface area contributed by atoms with Crippen molar-refractivity contribution in [2.24, 2.45) is 11.3 Å². The van der Waals surface area contributed by atoms with E-state index in [0.29, 0.717) is 11.5 Å². The van der Waals surface area contributed by atoms with Crippen molar-refractivity contribution in [2.45, 2.75) is 32.3 Å². The molecule has 2 aliphatic rings. The van der Waals surface area contributed by atoms with Crippen molar-refractivity contribution < 1.29 is 4.74 Å². The van der Waals surface area contributed by atoms with E-state index in [1.807, 2.05) is 0 Å². The molecule has 0 aliphatic heterocycles. The number of hydrogen-bond acceptors (Lipinski definition) is 1. The van der Waals surface area contributed by atoms with Crippen molar-refractivity contribution in [2.75, 3.05) is 12.5 Å². The van der Waals surface area contributed by atoms with E-state index in [-0.39, 0.29) is 0 Å². The van der Waals surface area contributed by atoms with Crippen molar-refractivity contribution in [1.82, 2.24) is 0 Å². The summed E-state index contributed by atoms with van der Waals surface area (Å²) in [6.07, 6.45) is 4.48. The SMILES string of the molecule is CCOC1CC2(C1)CC2CCl. The average Bonchev–Trinajstić information content (AvgIpc) is 2.62. The van der Waals surface area contributed by atoms with Gasteiger partial charge in [0.15, 0.2) is 0 Å². The lowest BCUT2D eigenvalue weighted by atomic mass is 9.77. The monoisotopic (exact) mass is 174 g/mol. The lowest BCUT2D eigenvalue weighted by Gasteiger charge is -2.36. The molecule has 1 spiro atoms. The first-order chi connectivity index (χ1) is 5.30. The minimum absolute atomic E-state index is 0.563. The van der Waals surface area contributed by atoms with Crippen LogP contribution in [0.3, 0.4) is 0 Å². The number of halogens is 1. The molecule has 0 N–H and O–H groups in total. The first kappa shape index (κ1) is 7.88. The largest absolute Gasteiger partial charge is 0.378 e. The second-order valence-corrected chi connectivity index (χ2v) is 4.21. The van der Waals surface area contributed by atoms with E-state index in [1.165, 1.54) is 19.3 Å². The van der Waals surface area contributed by atoms with E-state index in [2.05, 4.69) is 6.92 Å². The van der Waals surface area contributed by atoms with Crippen LogP contribution in [0, 0.1) is 11.3 Å². The van der Waals surface area contributed by atoms with Crippen LogP contribution in [0.2, 0.25) is 0 Å². The predicted molar refractivity (Wildman–Crippen MR) is 45.9 cm³/mol. The van der Waals surface area contributed by atoms with Crippen LogP contribution >= 0.6 is 11.6 Å². The number of ether oxygens (including phenoxy) is 1. The van der Waals surface area contributed by atoms with Gasteiger partial charge in [-0.15, -0.1) is 11.6 Å². The zero-order chi connectivity index (χ0) is 7.90. The van der Waals surface area contributed by atoms with Gasteiger partial charge in [0.25, 0.3) is 0 Å². The highest BCUT2D eigenvalue weighted by Crippen LogP contribution is 2.66. The van der Waals surface area contributed by atoms with Gasteiger partial charge in [-0.2, -0.15) is 0 Å². The van der Waals surface area contributed by atoms with Gasteiger partial charge in [-0.05, 0) is 37.5 Å². The molecule has 0 heterocycles. The van der Waals surface area contributed by atoms with Crippen LogP contribution in [0.15, 0.2) is 0 Å². The second kappa shape index (κ2) is 2.63. The summed E-state index contributed by atoms with van der Waals surface area (Å²) in [5, 5.41) is 0. The van der Waals surface area contributed by atoms with Crippen molar-refractivity contribution in [3.63, 3.8) is 0 Å². The van der Waals surface area contributed by atoms with Gasteiger partial charge < -0.3 is 4.74 Å². The van der Waals surface area contributed by atoms with Crippen molar-refractivity contribution in [3.8, 4) is 0 Å². The van der Waals surface area contributed by atoms with E-state index in [1.54, 1.807) is 0 Å². The molecular formula is C9H15ClO. The van der Waals surface area contributed by atoms with E-state index in [9.17, 15) is 0 Å². The maximum atomic E-state index is 5.78. The molecule has 0 aromatic heterocycles. The first-order valence-electron chi connectivity index (χ1n) is 4.48. The Morgan fingerprint density at radius 1 is 1.45 bits per heavy atom. The van der Waals surface area contributed by atoms with Crippen LogP contribution in [-0.4, -0.2) is 18.6 Å². The molecule has 2 heteroatoms. The fourth-order valence-electron chi connectivity index (χ4n) is 2.35. The molecular weight excluding hydrogens is 160 g/mol. The third-order valence-corrected chi connectivity index (χ3v) is 3.59. The van der Waals surface area contributed by atoms with Crippen LogP contribution in [0.4, 0.5) is 0 Å². The molecule has 0 aromatic rings. The van der Waals surface area contributed by atoms with Crippen molar-refractivity contribution in [3.05, 3.63) is 0 Å². The Morgan fingerprint density at radius 3 is 2.64 bits per heavy atom. The Kier molecular flexibility index (Phi) is 1.89. The highest BCUT2D eigenvalue weighted by molar-refractivity contribution is 6.18. The second-order valence-electron chi connectivity index (χ2n) is 3.90. The van der Waals surface area contributed by atoms with Crippen LogP contribution in [-0.2, 0) is 4.74 Å². The van der Waals surface area contributed by atoms with Gasteiger partial charge >= 0.3 is 0 Å². The molecule has 1 atom stereocenters. The highest BCUT2D eigenvalue weighted by Gasteiger charge is 2.61. The van der Waals surface area contributed by atoms with E-state index in [4.69, 9.17) is 16.3 Å². The third-order valence-electron chi connectivity index (χ3n) is 3.22. The van der Waals surface area contributed by atoms with Gasteiger partial charge in [0.1, 0.15) is 0 Å². The molecule has 1 nitrogen and oxygen atoms in total. The summed E-state index contributed by atoms with van der Waals surface area (Å²) in [6, 6.07) is 0. The molecule has 2 fully saturated rings. The topological polar surface area (TPSA) is 9.23 Å². The molecule has 2 rings (SSSR count). The minimum atomic E-state index is 0.563. The Morgan fingerprint density at radius 2 is 2.18 bits per heavy atom. The summed E-state index contributed by atoms with van der Waals surface area (Å²) in [7, 11) is 0. The molecule has 2 aliphatic carbocycles. The highest BCUT2D eigenvalue weighted by atomic mass is 35.5. The molecule has 0 bridgehead atoms. The lowest BCUT2D eigenvalue weighted by molar-refractivity contribution is -0.0391. The van der Waals surface area contributed by atoms with Gasteiger partial charge in [-0.3, -0.25) is 0 Å². The molecule has 0 amide bonds. The van der Waals surface area contributed by atoms with Crippen LogP contribution in [0.5, 0.6) is 0 Å². The van der Waals surface area contributed by atoms with Gasteiger partial charge in [0, 0.05) is 12.5 Å². The average molecular weight is 175 g/mol. The molecule has 1 unspecified atom stereocenters. The maximum Gasteiger partial charge on any atom is 0.0585 e. The Labute approximate surface area is 73.1 Å². The standard InChI is InChI=1S/C9H15ClO/c1-2-11-8-4-9(5-8)3-7(9)6-10/h7-8H,2-6H2,1H3. The number of hydrogen-bond donors (Lipinski definition) is 0. The zero-order valence-electron chi connectivity index (χ0n) is 6.98. The lowest BCUT2D eigenvalue weighted by Crippen LogP contribution is -2.34. The fraction of sp³-hybridized carbons (Fsp3) is 1.00. The minimum Gasteiger partial charge on any atom is -0.378 e. The Bertz CT molecular complexity index is 152. The molecule has 2 saturated carbocycles. The van der Waals surface area contributed by atoms with Crippen LogP contribution in [0.1, 0.15) is 26.2 Å². The summed E-state index contributed by atoms with van der Waals surface area (Å²) < 4.78 is 5.50. The Hall–Kier alpha value is 0.250. The van der Waals surface area contributed by atoms with Crippen LogP contribution in [0.25, 0.3) is 0 Å². The Balaban J connectivity index is 1.73. The summed E-state index contributed by atoms with van der Waals surface area (Å²) in [5.74, 6) is 1.68. The first-order valence-corrected chi connectivity index (χ1v) is 5.02. The van der Waals surface area contributed by atoms with Gasteiger partial charge in [-0.25, -0.2) is 0 Å². The molecule has 0 aromatic carbocycles. The van der Waals surface area contributed by atoms with E-state index >= 15 is 0 Å². The molecule has 64 valence electrons. The summed E-state index contributed by atoms with van der Waals surface area (Å²) in [4.78, 5) is 0. The van der Waals surface area contributed by atoms with Gasteiger partial charge in [-0.1, -0.05) is 0 Å². The number of alkyl halides is 1. The smallest absolute Gasteiger partial charge is 0.0585 e. The predicted octanol–water partition coefficient (Wildman–Crippen LogP) is 2.43. The van der Waals surface area contributed by atoms with E-state index < -0.39 is 0 Å². The zero-order valence-corrected chi connectivity index (χ0v) is 7.73. The third kappa shape index (κ3) is 1.19. The molecule has 0 radical (unpaired) electrons. The van der Waals surface area contributed by atoms with Crippen molar-refractivity contribution >= 4 is 11.6 Å². The van der Waals surface area contributed by atoms with Crippen molar-refractivity contribution in [1.29, 1.82) is 0 Å². The van der Waals surface area contributed by atoms with Gasteiger partial charge in [0.05, 0.1) is 6.10 Å². The van der Waals surface area contributed by atoms with Crippen LogP contribution < -0.4 is 0 Å². The summed E-state index contributed by atoms with van der Waals surface area (Å²) in [6.45, 7) is 2.93. The van der Waals surface area contributed by atoms with Gasteiger partial charge in [0.2, 0.25) is 0 Å². The summed E-state index contributed by atoms with van der Waals surface area (Å²) in [5.41, 5.74) is 0.654. The maximum absolute atomic E-state index is 5.78. The quantitative estimate of drug-likeness (QED) is 0.598. The van der Waals surface area contributed by atoms with E-state index in [0.717, 1.165) is 18.4 Å². The summed E-state index contributed by atoms with van der Waals surface area (Å²) >= 11 is 5.78.